The van der Waals surface area contributed by atoms with Gasteiger partial charge in [0.2, 0.25) is 0 Å². The van der Waals surface area contributed by atoms with Crippen molar-refractivity contribution < 1.29 is 4.79 Å². The maximum Gasteiger partial charge on any atom is 0.251 e. The van der Waals surface area contributed by atoms with Crippen LogP contribution in [0.25, 0.3) is 11.0 Å². The van der Waals surface area contributed by atoms with Gasteiger partial charge in [0.25, 0.3) is 5.91 Å². The van der Waals surface area contributed by atoms with Crippen LogP contribution >= 0.6 is 0 Å². The third-order valence-electron chi connectivity index (χ3n) is 4.35. The predicted molar refractivity (Wildman–Crippen MR) is 97.1 cm³/mol. The number of nitrogens with one attached hydrogen (secondary N) is 1. The first-order valence-corrected chi connectivity index (χ1v) is 8.38. The summed E-state index contributed by atoms with van der Waals surface area (Å²) in [7, 11) is 1.99. The standard InChI is InChI=1S/C20H23N3O/c1-4-6-15-9-11-16(12-10-15)20(24)21-13-18-22-17-8-5-7-14(2)19(17)23(18)3/h5,7-12H,4,6,13H2,1-3H3,(H,21,24). The molecule has 0 bridgehead atoms. The van der Waals surface area contributed by atoms with Crippen LogP contribution in [0, 0.1) is 6.92 Å². The van der Waals surface area contributed by atoms with Gasteiger partial charge in [0, 0.05) is 12.6 Å². The highest BCUT2D eigenvalue weighted by atomic mass is 16.1. The van der Waals surface area contributed by atoms with E-state index in [1.54, 1.807) is 0 Å². The minimum absolute atomic E-state index is 0.0678. The van der Waals surface area contributed by atoms with Crippen LogP contribution in [-0.2, 0) is 20.0 Å². The zero-order valence-electron chi connectivity index (χ0n) is 14.5. The molecule has 2 aromatic carbocycles. The number of nitrogens with zero attached hydrogens (tertiary/aromatic N) is 2. The van der Waals surface area contributed by atoms with Crippen molar-refractivity contribution in [2.24, 2.45) is 7.05 Å². The van der Waals surface area contributed by atoms with E-state index in [4.69, 9.17) is 0 Å². The van der Waals surface area contributed by atoms with Gasteiger partial charge < -0.3 is 9.88 Å². The van der Waals surface area contributed by atoms with Gasteiger partial charge in [0.05, 0.1) is 17.6 Å². The van der Waals surface area contributed by atoms with Crippen molar-refractivity contribution in [1.29, 1.82) is 0 Å². The molecular weight excluding hydrogens is 298 g/mol. The highest BCUT2D eigenvalue weighted by Crippen LogP contribution is 2.18. The number of carbonyl (C=O) groups excluding carboxylic acids is 1. The second-order valence-electron chi connectivity index (χ2n) is 6.16. The summed E-state index contributed by atoms with van der Waals surface area (Å²) in [6, 6.07) is 13.9. The molecule has 0 saturated heterocycles. The zero-order valence-corrected chi connectivity index (χ0v) is 14.5. The van der Waals surface area contributed by atoms with Crippen LogP contribution in [0.5, 0.6) is 0 Å². The van der Waals surface area contributed by atoms with Crippen LogP contribution in [0.15, 0.2) is 42.5 Å². The fraction of sp³-hybridized carbons (Fsp3) is 0.300. The Morgan fingerprint density at radius 3 is 2.58 bits per heavy atom. The maximum atomic E-state index is 12.3. The number of hydrogen-bond acceptors (Lipinski definition) is 2. The quantitative estimate of drug-likeness (QED) is 0.777. The van der Waals surface area contributed by atoms with E-state index in [1.165, 1.54) is 11.1 Å². The van der Waals surface area contributed by atoms with Crippen molar-refractivity contribution in [3.63, 3.8) is 0 Å². The Kier molecular flexibility index (Phi) is 4.65. The number of benzene rings is 2. The average molecular weight is 321 g/mol. The van der Waals surface area contributed by atoms with Crippen molar-refractivity contribution in [2.45, 2.75) is 33.2 Å². The molecule has 24 heavy (non-hydrogen) atoms. The van der Waals surface area contributed by atoms with Gasteiger partial charge in [-0.1, -0.05) is 37.6 Å². The van der Waals surface area contributed by atoms with E-state index in [0.29, 0.717) is 12.1 Å². The molecule has 1 aromatic heterocycles. The number of aromatic nitrogens is 2. The van der Waals surface area contributed by atoms with E-state index in [2.05, 4.69) is 34.8 Å². The highest BCUT2D eigenvalue weighted by Gasteiger charge is 2.11. The number of fused-ring (bicyclic) bond motifs is 1. The van der Waals surface area contributed by atoms with Gasteiger partial charge in [-0.2, -0.15) is 0 Å². The Balaban J connectivity index is 1.72. The van der Waals surface area contributed by atoms with Crippen molar-refractivity contribution in [3.05, 3.63) is 65.0 Å². The van der Waals surface area contributed by atoms with Crippen molar-refractivity contribution >= 4 is 16.9 Å². The second-order valence-corrected chi connectivity index (χ2v) is 6.16. The first-order chi connectivity index (χ1) is 11.6. The molecule has 4 nitrogen and oxygen atoms in total. The lowest BCUT2D eigenvalue weighted by atomic mass is 10.1. The largest absolute Gasteiger partial charge is 0.345 e. The Bertz CT molecular complexity index is 862. The lowest BCUT2D eigenvalue weighted by Gasteiger charge is -2.07. The fourth-order valence-electron chi connectivity index (χ4n) is 3.04. The monoisotopic (exact) mass is 321 g/mol. The van der Waals surface area contributed by atoms with Crippen molar-refractivity contribution in [2.75, 3.05) is 0 Å². The van der Waals surface area contributed by atoms with Gasteiger partial charge in [0.1, 0.15) is 5.82 Å². The third-order valence-corrected chi connectivity index (χ3v) is 4.35. The first-order valence-electron chi connectivity index (χ1n) is 8.38. The molecule has 4 heteroatoms. The molecule has 124 valence electrons. The summed E-state index contributed by atoms with van der Waals surface area (Å²) in [5.74, 6) is 0.789. The zero-order chi connectivity index (χ0) is 17.1. The van der Waals surface area contributed by atoms with E-state index in [0.717, 1.165) is 29.7 Å². The Morgan fingerprint density at radius 1 is 1.17 bits per heavy atom. The molecule has 0 unspecified atom stereocenters. The SMILES string of the molecule is CCCc1ccc(C(=O)NCc2nc3cccc(C)c3n2C)cc1. The molecule has 3 aromatic rings. The van der Waals surface area contributed by atoms with E-state index < -0.39 is 0 Å². The van der Waals surface area contributed by atoms with E-state index >= 15 is 0 Å². The molecule has 0 aliphatic rings. The van der Waals surface area contributed by atoms with Crippen LogP contribution in [0.3, 0.4) is 0 Å². The highest BCUT2D eigenvalue weighted by molar-refractivity contribution is 5.94. The number of imidazole rings is 1. The topological polar surface area (TPSA) is 46.9 Å². The Labute approximate surface area is 142 Å². The molecule has 0 radical (unpaired) electrons. The number of aryl methyl sites for hydroxylation is 3. The number of carbonyl (C=O) groups is 1. The van der Waals surface area contributed by atoms with Crippen LogP contribution in [-0.4, -0.2) is 15.5 Å². The predicted octanol–water partition coefficient (Wildman–Crippen LogP) is 3.76. The summed E-state index contributed by atoms with van der Waals surface area (Å²) in [6.45, 7) is 4.64. The second kappa shape index (κ2) is 6.87. The molecule has 1 amide bonds. The lowest BCUT2D eigenvalue weighted by Crippen LogP contribution is -2.24. The van der Waals surface area contributed by atoms with E-state index in [1.807, 2.05) is 43.4 Å². The molecule has 0 atom stereocenters. The normalized spacial score (nSPS) is 11.0. The molecule has 0 saturated carbocycles. The Morgan fingerprint density at radius 2 is 1.92 bits per heavy atom. The molecule has 1 N–H and O–H groups in total. The summed E-state index contributed by atoms with van der Waals surface area (Å²) < 4.78 is 2.05. The fourth-order valence-corrected chi connectivity index (χ4v) is 3.04. The number of para-hydroxylation sites is 1. The summed E-state index contributed by atoms with van der Waals surface area (Å²) >= 11 is 0. The summed E-state index contributed by atoms with van der Waals surface area (Å²) in [6.07, 6.45) is 2.15. The van der Waals surface area contributed by atoms with Crippen LogP contribution in [0.1, 0.15) is 40.7 Å². The molecule has 0 aliphatic heterocycles. The molecule has 0 fully saturated rings. The van der Waals surface area contributed by atoms with E-state index in [9.17, 15) is 4.79 Å². The van der Waals surface area contributed by atoms with Gasteiger partial charge in [-0.25, -0.2) is 4.98 Å². The number of rotatable bonds is 5. The van der Waals surface area contributed by atoms with Gasteiger partial charge in [-0.15, -0.1) is 0 Å². The van der Waals surface area contributed by atoms with Crippen molar-refractivity contribution in [3.8, 4) is 0 Å². The van der Waals surface area contributed by atoms with Crippen LogP contribution in [0.4, 0.5) is 0 Å². The van der Waals surface area contributed by atoms with Crippen molar-refractivity contribution in [1.82, 2.24) is 14.9 Å². The smallest absolute Gasteiger partial charge is 0.251 e. The van der Waals surface area contributed by atoms with E-state index in [-0.39, 0.29) is 5.91 Å². The minimum Gasteiger partial charge on any atom is -0.345 e. The molecule has 0 aliphatic carbocycles. The lowest BCUT2D eigenvalue weighted by molar-refractivity contribution is 0.0949. The molecule has 1 heterocycles. The number of amides is 1. The molecule has 3 rings (SSSR count). The average Bonchev–Trinajstić information content (AvgIpc) is 2.91. The summed E-state index contributed by atoms with van der Waals surface area (Å²) in [5, 5.41) is 2.97. The first kappa shape index (κ1) is 16.2. The maximum absolute atomic E-state index is 12.3. The molecular formula is C20H23N3O. The van der Waals surface area contributed by atoms with Gasteiger partial charge in [0.15, 0.2) is 0 Å². The third kappa shape index (κ3) is 3.18. The van der Waals surface area contributed by atoms with Crippen LogP contribution in [0.2, 0.25) is 0 Å². The van der Waals surface area contributed by atoms with Gasteiger partial charge in [-0.3, -0.25) is 4.79 Å². The van der Waals surface area contributed by atoms with Gasteiger partial charge in [-0.05, 0) is 42.7 Å². The van der Waals surface area contributed by atoms with Crippen LogP contribution < -0.4 is 5.32 Å². The number of hydrogen-bond donors (Lipinski definition) is 1. The van der Waals surface area contributed by atoms with Gasteiger partial charge >= 0.3 is 0 Å². The summed E-state index contributed by atoms with van der Waals surface area (Å²) in [4.78, 5) is 17.0. The minimum atomic E-state index is -0.0678. The Hall–Kier alpha value is -2.62. The summed E-state index contributed by atoms with van der Waals surface area (Å²) in [5.41, 5.74) is 5.22. The molecule has 0 spiro atoms.